The van der Waals surface area contributed by atoms with Crippen LogP contribution < -0.4 is 5.32 Å². The Balaban J connectivity index is 1.47. The molecule has 1 saturated carbocycles. The maximum absolute atomic E-state index is 14.0. The summed E-state index contributed by atoms with van der Waals surface area (Å²) in [5, 5.41) is 3.35. The smallest absolute Gasteiger partial charge is 0.271 e. The van der Waals surface area contributed by atoms with E-state index >= 15 is 0 Å². The highest BCUT2D eigenvalue weighted by Crippen LogP contribution is 2.36. The Hall–Kier alpha value is -3.02. The molecule has 5 rings (SSSR count). The fraction of sp³-hybridized carbons (Fsp3) is 0.517. The third-order valence-electron chi connectivity index (χ3n) is 7.96. The van der Waals surface area contributed by atoms with Crippen molar-refractivity contribution in [3.05, 3.63) is 59.5 Å². The molecular formula is C29H37N3O3. The highest BCUT2D eigenvalue weighted by Gasteiger charge is 2.50. The van der Waals surface area contributed by atoms with E-state index in [1.807, 2.05) is 53.6 Å². The summed E-state index contributed by atoms with van der Waals surface area (Å²) in [6, 6.07) is 14.2. The van der Waals surface area contributed by atoms with Crippen molar-refractivity contribution in [1.82, 2.24) is 14.8 Å². The number of carbonyl (C=O) groups excluding carboxylic acids is 2. The predicted molar refractivity (Wildman–Crippen MR) is 137 cm³/mol. The number of hydrogen-bond acceptors (Lipinski definition) is 3. The number of carbonyl (C=O) groups is 2. The lowest BCUT2D eigenvalue weighted by atomic mass is 9.90. The van der Waals surface area contributed by atoms with Gasteiger partial charge in [-0.2, -0.15) is 0 Å². The van der Waals surface area contributed by atoms with Gasteiger partial charge in [0.1, 0.15) is 17.0 Å². The molecule has 35 heavy (non-hydrogen) atoms. The first kappa shape index (κ1) is 23.7. The lowest BCUT2D eigenvalue weighted by Crippen LogP contribution is -2.67. The molecule has 1 aromatic carbocycles. The molecule has 0 bridgehead atoms. The number of fused-ring (bicyclic) bond motifs is 3. The van der Waals surface area contributed by atoms with Crippen LogP contribution in [0.1, 0.15) is 80.6 Å². The molecule has 0 radical (unpaired) electrons. The summed E-state index contributed by atoms with van der Waals surface area (Å²) in [6.45, 7) is 6.35. The first-order valence-corrected chi connectivity index (χ1v) is 13.1. The average Bonchev–Trinajstić information content (AvgIpc) is 3.23. The lowest BCUT2D eigenvalue weighted by molar-refractivity contribution is -0.135. The number of hydrogen-bond donors (Lipinski definition) is 1. The van der Waals surface area contributed by atoms with E-state index in [0.29, 0.717) is 17.8 Å². The maximum Gasteiger partial charge on any atom is 0.271 e. The van der Waals surface area contributed by atoms with Crippen LogP contribution in [0.2, 0.25) is 0 Å². The minimum absolute atomic E-state index is 0.0444. The average molecular weight is 476 g/mol. The fourth-order valence-corrected chi connectivity index (χ4v) is 6.03. The van der Waals surface area contributed by atoms with E-state index in [1.165, 1.54) is 18.4 Å². The van der Waals surface area contributed by atoms with Crippen LogP contribution in [0.25, 0.3) is 11.1 Å². The van der Waals surface area contributed by atoms with E-state index in [1.54, 1.807) is 0 Å². The molecule has 2 aliphatic rings. The molecule has 0 unspecified atom stereocenters. The van der Waals surface area contributed by atoms with Gasteiger partial charge in [-0.25, -0.2) is 0 Å². The Kier molecular flexibility index (Phi) is 6.47. The van der Waals surface area contributed by atoms with Gasteiger partial charge in [0.15, 0.2) is 5.58 Å². The zero-order chi connectivity index (χ0) is 24.6. The van der Waals surface area contributed by atoms with Crippen molar-refractivity contribution in [3.63, 3.8) is 0 Å². The van der Waals surface area contributed by atoms with Gasteiger partial charge in [-0.1, -0.05) is 56.0 Å². The van der Waals surface area contributed by atoms with Crippen molar-refractivity contribution in [2.75, 3.05) is 0 Å². The molecule has 6 nitrogen and oxygen atoms in total. The van der Waals surface area contributed by atoms with Gasteiger partial charge < -0.3 is 19.2 Å². The fourth-order valence-electron chi connectivity index (χ4n) is 6.03. The highest BCUT2D eigenvalue weighted by atomic mass is 16.3. The number of furan rings is 1. The Morgan fingerprint density at radius 3 is 2.57 bits per heavy atom. The van der Waals surface area contributed by atoms with Crippen LogP contribution in [-0.4, -0.2) is 38.9 Å². The third-order valence-corrected chi connectivity index (χ3v) is 7.96. The summed E-state index contributed by atoms with van der Waals surface area (Å²) in [4.78, 5) is 29.8. The van der Waals surface area contributed by atoms with Gasteiger partial charge in [0.2, 0.25) is 5.91 Å². The molecule has 1 aliphatic carbocycles. The van der Waals surface area contributed by atoms with E-state index in [-0.39, 0.29) is 23.9 Å². The molecule has 0 spiro atoms. The van der Waals surface area contributed by atoms with Gasteiger partial charge in [0.05, 0.1) is 12.1 Å². The highest BCUT2D eigenvalue weighted by molar-refractivity contribution is 6.03. The van der Waals surface area contributed by atoms with Crippen LogP contribution in [0.5, 0.6) is 0 Å². The van der Waals surface area contributed by atoms with Crippen LogP contribution in [-0.2, 0) is 17.8 Å². The first-order chi connectivity index (χ1) is 16.9. The number of rotatable bonds is 6. The van der Waals surface area contributed by atoms with Crippen LogP contribution in [0.15, 0.2) is 46.9 Å². The predicted octanol–water partition coefficient (Wildman–Crippen LogP) is 5.62. The van der Waals surface area contributed by atoms with E-state index < -0.39 is 5.54 Å². The number of amides is 2. The second-order valence-electron chi connectivity index (χ2n) is 10.7. The normalized spacial score (nSPS) is 22.1. The largest absolute Gasteiger partial charge is 0.460 e. The Bertz CT molecular complexity index is 1200. The van der Waals surface area contributed by atoms with Crippen molar-refractivity contribution >= 4 is 22.9 Å². The third kappa shape index (κ3) is 4.51. The summed E-state index contributed by atoms with van der Waals surface area (Å²) in [5.41, 5.74) is 2.45. The van der Waals surface area contributed by atoms with Gasteiger partial charge >= 0.3 is 0 Å². The standard InChI is InChI=1S/C29H37N3O3/c1-20(15-16-22-11-7-6-8-12-22)32-27(33)25-18-26-24(17-21(2)35-26)31(25)19-29(32,3)28(34)30-23-13-9-4-5-10-14-23/h6-8,11-12,17-18,20,23H,4-5,9-10,13-16,19H2,1-3H3,(H,30,34)/t20-,29+/m0/s1. The van der Waals surface area contributed by atoms with E-state index in [4.69, 9.17) is 4.42 Å². The molecule has 1 aliphatic heterocycles. The van der Waals surface area contributed by atoms with Crippen molar-refractivity contribution < 1.29 is 14.0 Å². The van der Waals surface area contributed by atoms with Crippen molar-refractivity contribution in [2.45, 2.75) is 96.3 Å². The SMILES string of the molecule is Cc1cc2c(cc3n2C[C@](C)(C(=O)NC2CCCCCC2)N([C@@H](C)CCc2ccccc2)C3=O)o1. The topological polar surface area (TPSA) is 67.5 Å². The molecule has 2 aromatic heterocycles. The molecule has 186 valence electrons. The number of aryl methyl sites for hydroxylation is 2. The molecule has 2 amide bonds. The Labute approximate surface area is 207 Å². The summed E-state index contributed by atoms with van der Waals surface area (Å²) < 4.78 is 7.83. The molecule has 6 heteroatoms. The molecule has 2 atom stereocenters. The monoisotopic (exact) mass is 475 g/mol. The second kappa shape index (κ2) is 9.56. The van der Waals surface area contributed by atoms with Gasteiger partial charge in [0.25, 0.3) is 5.91 Å². The lowest BCUT2D eigenvalue weighted by Gasteiger charge is -2.47. The van der Waals surface area contributed by atoms with Crippen LogP contribution in [0.4, 0.5) is 0 Å². The van der Waals surface area contributed by atoms with Crippen molar-refractivity contribution in [1.29, 1.82) is 0 Å². The molecule has 3 aromatic rings. The van der Waals surface area contributed by atoms with E-state index in [9.17, 15) is 9.59 Å². The van der Waals surface area contributed by atoms with Crippen molar-refractivity contribution in [3.8, 4) is 0 Å². The molecule has 0 saturated heterocycles. The van der Waals surface area contributed by atoms with Gasteiger partial charge in [-0.05, 0) is 52.0 Å². The zero-order valence-corrected chi connectivity index (χ0v) is 21.2. The van der Waals surface area contributed by atoms with Crippen LogP contribution >= 0.6 is 0 Å². The molecule has 1 fully saturated rings. The molecular weight excluding hydrogens is 438 g/mol. The molecule has 1 N–H and O–H groups in total. The second-order valence-corrected chi connectivity index (χ2v) is 10.7. The zero-order valence-electron chi connectivity index (χ0n) is 21.2. The summed E-state index contributed by atoms with van der Waals surface area (Å²) in [6.07, 6.45) is 8.43. The quantitative estimate of drug-likeness (QED) is 0.471. The molecule has 3 heterocycles. The minimum atomic E-state index is -0.983. The first-order valence-electron chi connectivity index (χ1n) is 13.1. The minimum Gasteiger partial charge on any atom is -0.460 e. The number of nitrogens with one attached hydrogen (secondary N) is 1. The number of aromatic nitrogens is 1. The summed E-state index contributed by atoms with van der Waals surface area (Å²) >= 11 is 0. The maximum atomic E-state index is 14.0. The van der Waals surface area contributed by atoms with Crippen LogP contribution in [0.3, 0.4) is 0 Å². The Morgan fingerprint density at radius 2 is 1.86 bits per heavy atom. The van der Waals surface area contributed by atoms with E-state index in [0.717, 1.165) is 49.8 Å². The number of nitrogens with zero attached hydrogens (tertiary/aromatic N) is 2. The van der Waals surface area contributed by atoms with E-state index in [2.05, 4.69) is 24.4 Å². The Morgan fingerprint density at radius 1 is 1.14 bits per heavy atom. The van der Waals surface area contributed by atoms with Crippen molar-refractivity contribution in [2.24, 2.45) is 0 Å². The van der Waals surface area contributed by atoms with Gasteiger partial charge in [0, 0.05) is 24.2 Å². The number of benzene rings is 1. The van der Waals surface area contributed by atoms with Crippen LogP contribution in [0, 0.1) is 6.92 Å². The summed E-state index contributed by atoms with van der Waals surface area (Å²) in [5.74, 6) is 0.664. The van der Waals surface area contributed by atoms with Gasteiger partial charge in [-0.3, -0.25) is 9.59 Å². The van der Waals surface area contributed by atoms with Gasteiger partial charge in [-0.15, -0.1) is 0 Å². The summed E-state index contributed by atoms with van der Waals surface area (Å²) in [7, 11) is 0.